The van der Waals surface area contributed by atoms with E-state index < -0.39 is 21.8 Å². The average molecular weight is 270 g/mol. The van der Waals surface area contributed by atoms with E-state index in [1.807, 2.05) is 0 Å². The van der Waals surface area contributed by atoms with Gasteiger partial charge in [0.2, 0.25) is 0 Å². The molecule has 0 spiro atoms. The average Bonchev–Trinajstić information content (AvgIpc) is 2.61. The Labute approximate surface area is 105 Å². The first-order valence-corrected chi connectivity index (χ1v) is 7.26. The summed E-state index contributed by atoms with van der Waals surface area (Å²) in [5.41, 5.74) is 11.4. The Morgan fingerprint density at radius 2 is 2.11 bits per heavy atom. The predicted molar refractivity (Wildman–Crippen MR) is 67.1 cm³/mol. The van der Waals surface area contributed by atoms with Gasteiger partial charge in [-0.15, -0.1) is 0 Å². The van der Waals surface area contributed by atoms with Crippen LogP contribution in [0.3, 0.4) is 0 Å². The normalized spacial score (nSPS) is 21.7. The SMILES string of the molecule is NC(=O)c1cccc(N)c1OC1CCS(=O)(=O)C1. The van der Waals surface area contributed by atoms with Gasteiger partial charge in [0, 0.05) is 0 Å². The van der Waals surface area contributed by atoms with Gasteiger partial charge in [0.25, 0.3) is 5.91 Å². The van der Waals surface area contributed by atoms with Gasteiger partial charge >= 0.3 is 0 Å². The highest BCUT2D eigenvalue weighted by atomic mass is 32.2. The van der Waals surface area contributed by atoms with Crippen LogP contribution in [0.2, 0.25) is 0 Å². The lowest BCUT2D eigenvalue weighted by molar-refractivity contribution is 0.0994. The molecule has 1 fully saturated rings. The summed E-state index contributed by atoms with van der Waals surface area (Å²) in [5.74, 6) is -0.444. The molecule has 1 unspecified atom stereocenters. The maximum Gasteiger partial charge on any atom is 0.252 e. The number of para-hydroxylation sites is 1. The number of hydrogen-bond acceptors (Lipinski definition) is 5. The fraction of sp³-hybridized carbons (Fsp3) is 0.364. The van der Waals surface area contributed by atoms with Crippen molar-refractivity contribution in [1.82, 2.24) is 0 Å². The van der Waals surface area contributed by atoms with Crippen molar-refractivity contribution < 1.29 is 17.9 Å². The third-order valence-electron chi connectivity index (χ3n) is 2.79. The molecular weight excluding hydrogens is 256 g/mol. The molecule has 0 radical (unpaired) electrons. The Morgan fingerprint density at radius 3 is 2.67 bits per heavy atom. The van der Waals surface area contributed by atoms with Crippen LogP contribution in [-0.4, -0.2) is 31.9 Å². The van der Waals surface area contributed by atoms with Gasteiger partial charge in [0.1, 0.15) is 6.10 Å². The Kier molecular flexibility index (Phi) is 3.16. The van der Waals surface area contributed by atoms with Gasteiger partial charge in [-0.1, -0.05) is 6.07 Å². The summed E-state index contributed by atoms with van der Waals surface area (Å²) in [6, 6.07) is 4.66. The Morgan fingerprint density at radius 1 is 1.39 bits per heavy atom. The van der Waals surface area contributed by atoms with Crippen molar-refractivity contribution in [3.63, 3.8) is 0 Å². The molecule has 2 rings (SSSR count). The quantitative estimate of drug-likeness (QED) is 0.747. The summed E-state index contributed by atoms with van der Waals surface area (Å²) < 4.78 is 28.2. The van der Waals surface area contributed by atoms with Crippen LogP contribution in [0.15, 0.2) is 18.2 Å². The molecule has 0 aromatic heterocycles. The standard InChI is InChI=1S/C11H14N2O4S/c12-9-3-1-2-8(11(13)14)10(9)17-7-4-5-18(15,16)6-7/h1-3,7H,4-6,12H2,(H2,13,14). The number of primary amides is 1. The maximum absolute atomic E-state index is 11.3. The number of sulfone groups is 1. The third-order valence-corrected chi connectivity index (χ3v) is 4.52. The molecule has 1 heterocycles. The smallest absolute Gasteiger partial charge is 0.252 e. The molecule has 0 bridgehead atoms. The first-order chi connectivity index (χ1) is 8.39. The van der Waals surface area contributed by atoms with Gasteiger partial charge in [0.05, 0.1) is 22.8 Å². The number of amides is 1. The van der Waals surface area contributed by atoms with Crippen molar-refractivity contribution in [2.75, 3.05) is 17.2 Å². The highest BCUT2D eigenvalue weighted by molar-refractivity contribution is 7.91. The molecule has 1 aromatic rings. The molecule has 1 aliphatic heterocycles. The number of carbonyl (C=O) groups excluding carboxylic acids is 1. The van der Waals surface area contributed by atoms with E-state index in [0.29, 0.717) is 6.42 Å². The van der Waals surface area contributed by atoms with Gasteiger partial charge in [-0.3, -0.25) is 4.79 Å². The molecule has 4 N–H and O–H groups in total. The van der Waals surface area contributed by atoms with E-state index in [9.17, 15) is 13.2 Å². The Hall–Kier alpha value is -1.76. The number of hydrogen-bond donors (Lipinski definition) is 2. The fourth-order valence-electron chi connectivity index (χ4n) is 1.90. The first-order valence-electron chi connectivity index (χ1n) is 5.44. The zero-order valence-corrected chi connectivity index (χ0v) is 10.4. The molecule has 1 aliphatic rings. The van der Waals surface area contributed by atoms with E-state index in [1.165, 1.54) is 6.07 Å². The lowest BCUT2D eigenvalue weighted by Gasteiger charge is -2.16. The lowest BCUT2D eigenvalue weighted by atomic mass is 10.1. The molecule has 1 amide bonds. The summed E-state index contributed by atoms with van der Waals surface area (Å²) in [7, 11) is -3.04. The van der Waals surface area contributed by atoms with E-state index in [0.717, 1.165) is 0 Å². The van der Waals surface area contributed by atoms with E-state index in [-0.39, 0.29) is 28.5 Å². The van der Waals surface area contributed by atoms with Crippen LogP contribution in [-0.2, 0) is 9.84 Å². The summed E-state index contributed by atoms with van der Waals surface area (Å²) in [4.78, 5) is 11.2. The van der Waals surface area contributed by atoms with E-state index in [2.05, 4.69) is 0 Å². The largest absolute Gasteiger partial charge is 0.486 e. The van der Waals surface area contributed by atoms with Crippen molar-refractivity contribution >= 4 is 21.4 Å². The maximum atomic E-state index is 11.3. The molecule has 0 aliphatic carbocycles. The van der Waals surface area contributed by atoms with Gasteiger partial charge in [-0.2, -0.15) is 0 Å². The summed E-state index contributed by atoms with van der Waals surface area (Å²) in [5, 5.41) is 0. The molecule has 1 atom stereocenters. The minimum Gasteiger partial charge on any atom is -0.486 e. The molecule has 1 saturated heterocycles. The Bertz CT molecular complexity index is 583. The van der Waals surface area contributed by atoms with Crippen molar-refractivity contribution in [1.29, 1.82) is 0 Å². The molecule has 1 aromatic carbocycles. The number of benzene rings is 1. The van der Waals surface area contributed by atoms with Gasteiger partial charge in [-0.05, 0) is 18.6 Å². The second kappa shape index (κ2) is 4.49. The molecule has 0 saturated carbocycles. The zero-order chi connectivity index (χ0) is 13.3. The molecule has 7 heteroatoms. The van der Waals surface area contributed by atoms with Crippen molar-refractivity contribution in [3.05, 3.63) is 23.8 Å². The van der Waals surface area contributed by atoms with Crippen LogP contribution in [0.4, 0.5) is 5.69 Å². The van der Waals surface area contributed by atoms with Crippen LogP contribution in [0.25, 0.3) is 0 Å². The summed E-state index contributed by atoms with van der Waals surface area (Å²) in [6.45, 7) is 0. The second-order valence-corrected chi connectivity index (χ2v) is 6.46. The predicted octanol–water partition coefficient (Wildman–Crippen LogP) is -0.0664. The number of carbonyl (C=O) groups is 1. The lowest BCUT2D eigenvalue weighted by Crippen LogP contribution is -2.21. The molecule has 98 valence electrons. The minimum absolute atomic E-state index is 0.0560. The molecule has 18 heavy (non-hydrogen) atoms. The monoisotopic (exact) mass is 270 g/mol. The van der Waals surface area contributed by atoms with E-state index in [1.54, 1.807) is 12.1 Å². The van der Waals surface area contributed by atoms with Crippen LogP contribution in [0.5, 0.6) is 5.75 Å². The number of nitrogens with two attached hydrogens (primary N) is 2. The highest BCUT2D eigenvalue weighted by Crippen LogP contribution is 2.29. The number of nitrogen functional groups attached to an aromatic ring is 1. The number of rotatable bonds is 3. The molecule has 6 nitrogen and oxygen atoms in total. The highest BCUT2D eigenvalue weighted by Gasteiger charge is 2.30. The van der Waals surface area contributed by atoms with Crippen molar-refractivity contribution in [2.24, 2.45) is 5.73 Å². The van der Waals surface area contributed by atoms with Crippen LogP contribution >= 0.6 is 0 Å². The zero-order valence-electron chi connectivity index (χ0n) is 9.63. The van der Waals surface area contributed by atoms with Gasteiger partial charge in [0.15, 0.2) is 15.6 Å². The topological polar surface area (TPSA) is 112 Å². The Balaban J connectivity index is 2.27. The van der Waals surface area contributed by atoms with Crippen LogP contribution < -0.4 is 16.2 Å². The van der Waals surface area contributed by atoms with Crippen LogP contribution in [0, 0.1) is 0 Å². The van der Waals surface area contributed by atoms with Crippen molar-refractivity contribution in [2.45, 2.75) is 12.5 Å². The van der Waals surface area contributed by atoms with E-state index in [4.69, 9.17) is 16.2 Å². The van der Waals surface area contributed by atoms with Crippen LogP contribution in [0.1, 0.15) is 16.8 Å². The fourth-order valence-corrected chi connectivity index (χ4v) is 3.49. The number of ether oxygens (including phenoxy) is 1. The first kappa shape index (κ1) is 12.7. The number of anilines is 1. The summed E-state index contributed by atoms with van der Waals surface area (Å²) in [6.07, 6.45) is -0.0766. The second-order valence-electron chi connectivity index (χ2n) is 4.23. The minimum atomic E-state index is -3.04. The summed E-state index contributed by atoms with van der Waals surface area (Å²) >= 11 is 0. The van der Waals surface area contributed by atoms with Gasteiger partial charge < -0.3 is 16.2 Å². The molecular formula is C11H14N2O4S. The van der Waals surface area contributed by atoms with E-state index >= 15 is 0 Å². The van der Waals surface area contributed by atoms with Gasteiger partial charge in [-0.25, -0.2) is 8.42 Å². The third kappa shape index (κ3) is 2.56. The van der Waals surface area contributed by atoms with Crippen molar-refractivity contribution in [3.8, 4) is 5.75 Å².